The number of rotatable bonds is 5. The van der Waals surface area contributed by atoms with Crippen LogP contribution in [0.1, 0.15) is 6.92 Å². The molecule has 2 atom stereocenters. The van der Waals surface area contributed by atoms with E-state index in [4.69, 9.17) is 20.7 Å². The van der Waals surface area contributed by atoms with Gasteiger partial charge < -0.3 is 10.2 Å². The second-order valence-corrected chi connectivity index (χ2v) is 2.38. The zero-order valence-corrected chi connectivity index (χ0v) is 6.10. The van der Waals surface area contributed by atoms with E-state index in [1.54, 1.807) is 0 Å². The molecule has 0 fully saturated rings. The summed E-state index contributed by atoms with van der Waals surface area (Å²) in [5.74, 6) is 0. The molecular formula is C5H12O6. The van der Waals surface area contributed by atoms with Crippen molar-refractivity contribution in [3.8, 4) is 0 Å². The van der Waals surface area contributed by atoms with E-state index in [0.29, 0.717) is 0 Å². The van der Waals surface area contributed by atoms with E-state index in [9.17, 15) is 0 Å². The average molecular weight is 168 g/mol. The maximum Gasteiger partial charge on any atom is 0.155 e. The third kappa shape index (κ3) is 2.70. The predicted octanol–water partition coefficient (Wildman–Crippen LogP) is -0.922. The van der Waals surface area contributed by atoms with Gasteiger partial charge in [-0.25, -0.2) is 9.78 Å². The topological polar surface area (TPSA) is 99.4 Å². The summed E-state index contributed by atoms with van der Waals surface area (Å²) in [6.07, 6.45) is -1.32. The first kappa shape index (κ1) is 10.8. The number of hydrogen-bond acceptors (Lipinski definition) is 6. The van der Waals surface area contributed by atoms with Crippen LogP contribution in [-0.4, -0.2) is 45.6 Å². The van der Waals surface area contributed by atoms with Crippen LogP contribution in [0, 0.1) is 0 Å². The highest BCUT2D eigenvalue weighted by Gasteiger charge is 2.35. The Morgan fingerprint density at radius 2 is 2.00 bits per heavy atom. The first-order valence-electron chi connectivity index (χ1n) is 2.98. The highest BCUT2D eigenvalue weighted by molar-refractivity contribution is 4.81. The fourth-order valence-corrected chi connectivity index (χ4v) is 0.505. The molecule has 0 bridgehead atoms. The van der Waals surface area contributed by atoms with E-state index in [0.717, 1.165) is 0 Å². The van der Waals surface area contributed by atoms with Crippen LogP contribution >= 0.6 is 0 Å². The van der Waals surface area contributed by atoms with Gasteiger partial charge in [-0.3, -0.25) is 10.5 Å². The van der Waals surface area contributed by atoms with E-state index >= 15 is 0 Å². The molecule has 0 heterocycles. The predicted molar refractivity (Wildman–Crippen MR) is 33.8 cm³/mol. The molecule has 11 heavy (non-hydrogen) atoms. The standard InChI is InChI=1S/C5H12O6/c1-5(11-9,3-10-8)4(7)2-6/h4,6-9H,2-3H2,1H3. The Balaban J connectivity index is 4.07. The van der Waals surface area contributed by atoms with Gasteiger partial charge in [-0.2, -0.15) is 0 Å². The maximum absolute atomic E-state index is 8.98. The molecule has 6 heteroatoms. The van der Waals surface area contributed by atoms with Crippen LogP contribution in [0.5, 0.6) is 0 Å². The summed E-state index contributed by atoms with van der Waals surface area (Å²) in [5, 5.41) is 33.7. The van der Waals surface area contributed by atoms with Crippen molar-refractivity contribution in [1.29, 1.82) is 0 Å². The summed E-state index contributed by atoms with van der Waals surface area (Å²) >= 11 is 0. The molecule has 0 radical (unpaired) electrons. The minimum absolute atomic E-state index is 0.439. The monoisotopic (exact) mass is 168 g/mol. The molecule has 0 spiro atoms. The molecule has 2 unspecified atom stereocenters. The van der Waals surface area contributed by atoms with E-state index in [2.05, 4.69) is 9.78 Å². The first-order chi connectivity index (χ1) is 5.10. The van der Waals surface area contributed by atoms with Gasteiger partial charge in [0.15, 0.2) is 5.60 Å². The first-order valence-corrected chi connectivity index (χ1v) is 2.98. The molecule has 0 rings (SSSR count). The van der Waals surface area contributed by atoms with Crippen LogP contribution in [0.3, 0.4) is 0 Å². The quantitative estimate of drug-likeness (QED) is 0.313. The SMILES string of the molecule is CC(COO)(OO)C(O)CO. The van der Waals surface area contributed by atoms with Gasteiger partial charge in [-0.1, -0.05) is 0 Å². The summed E-state index contributed by atoms with van der Waals surface area (Å²) in [7, 11) is 0. The Labute approximate surface area is 63.5 Å². The fraction of sp³-hybridized carbons (Fsp3) is 1.00. The Bertz CT molecular complexity index is 107. The van der Waals surface area contributed by atoms with Gasteiger partial charge in [0.05, 0.1) is 6.61 Å². The lowest BCUT2D eigenvalue weighted by atomic mass is 10.0. The van der Waals surface area contributed by atoms with Crippen LogP contribution < -0.4 is 0 Å². The molecule has 0 aromatic rings. The second-order valence-electron chi connectivity index (χ2n) is 2.38. The van der Waals surface area contributed by atoms with Crippen molar-refractivity contribution in [2.75, 3.05) is 13.2 Å². The number of aliphatic hydroxyl groups excluding tert-OH is 2. The zero-order valence-electron chi connectivity index (χ0n) is 6.10. The molecule has 6 nitrogen and oxygen atoms in total. The number of aliphatic hydroxyl groups is 2. The van der Waals surface area contributed by atoms with Crippen molar-refractivity contribution in [1.82, 2.24) is 0 Å². The van der Waals surface area contributed by atoms with Gasteiger partial charge in [-0.15, -0.1) is 0 Å². The summed E-state index contributed by atoms with van der Waals surface area (Å²) in [6, 6.07) is 0. The zero-order chi connectivity index (χ0) is 8.91. The van der Waals surface area contributed by atoms with E-state index in [1.807, 2.05) is 0 Å². The van der Waals surface area contributed by atoms with Gasteiger partial charge in [-0.05, 0) is 6.92 Å². The molecule has 0 aliphatic rings. The van der Waals surface area contributed by atoms with Crippen LogP contribution in [0.25, 0.3) is 0 Å². The van der Waals surface area contributed by atoms with Gasteiger partial charge >= 0.3 is 0 Å². The Kier molecular flexibility index (Phi) is 4.50. The summed E-state index contributed by atoms with van der Waals surface area (Å²) in [5.41, 5.74) is -1.51. The van der Waals surface area contributed by atoms with E-state index in [1.165, 1.54) is 6.92 Å². The fourth-order valence-electron chi connectivity index (χ4n) is 0.505. The summed E-state index contributed by atoms with van der Waals surface area (Å²) in [6.45, 7) is 0.232. The molecule has 0 aromatic heterocycles. The molecule has 0 saturated heterocycles. The smallest absolute Gasteiger partial charge is 0.155 e. The van der Waals surface area contributed by atoms with Crippen molar-refractivity contribution in [3.63, 3.8) is 0 Å². The largest absolute Gasteiger partial charge is 0.394 e. The Morgan fingerprint density at radius 1 is 1.45 bits per heavy atom. The van der Waals surface area contributed by atoms with Crippen molar-refractivity contribution >= 4 is 0 Å². The van der Waals surface area contributed by atoms with Gasteiger partial charge in [0.25, 0.3) is 0 Å². The Hall–Kier alpha value is -0.240. The van der Waals surface area contributed by atoms with Crippen LogP contribution in [0.2, 0.25) is 0 Å². The highest BCUT2D eigenvalue weighted by atomic mass is 17.1. The third-order valence-corrected chi connectivity index (χ3v) is 1.44. The lowest BCUT2D eigenvalue weighted by Gasteiger charge is -2.27. The van der Waals surface area contributed by atoms with Crippen molar-refractivity contribution in [2.45, 2.75) is 18.6 Å². The van der Waals surface area contributed by atoms with E-state index < -0.39 is 24.9 Å². The minimum Gasteiger partial charge on any atom is -0.394 e. The molecule has 0 amide bonds. The normalized spacial score (nSPS) is 19.4. The summed E-state index contributed by atoms with van der Waals surface area (Å²) in [4.78, 5) is 7.50. The van der Waals surface area contributed by atoms with E-state index in [-0.39, 0.29) is 0 Å². The molecule has 0 aliphatic carbocycles. The second kappa shape index (κ2) is 4.60. The summed E-state index contributed by atoms with van der Waals surface area (Å²) < 4.78 is 0. The van der Waals surface area contributed by atoms with Crippen molar-refractivity contribution < 1.29 is 30.5 Å². The van der Waals surface area contributed by atoms with Crippen LogP contribution in [0.4, 0.5) is 0 Å². The van der Waals surface area contributed by atoms with Gasteiger partial charge in [0.1, 0.15) is 12.7 Å². The van der Waals surface area contributed by atoms with Crippen molar-refractivity contribution in [3.05, 3.63) is 0 Å². The minimum atomic E-state index is -1.51. The molecule has 68 valence electrons. The van der Waals surface area contributed by atoms with Gasteiger partial charge in [0.2, 0.25) is 0 Å². The lowest BCUT2D eigenvalue weighted by Crippen LogP contribution is -2.47. The number of hydrogen-bond donors (Lipinski definition) is 4. The molecule has 0 aromatic carbocycles. The Morgan fingerprint density at radius 3 is 2.27 bits per heavy atom. The molecule has 0 saturated carbocycles. The molecular weight excluding hydrogens is 156 g/mol. The third-order valence-electron chi connectivity index (χ3n) is 1.44. The van der Waals surface area contributed by atoms with Crippen LogP contribution in [-0.2, 0) is 9.78 Å². The highest BCUT2D eigenvalue weighted by Crippen LogP contribution is 2.14. The average Bonchev–Trinajstić information content (AvgIpc) is 2.03. The lowest BCUT2D eigenvalue weighted by molar-refractivity contribution is -0.379. The van der Waals surface area contributed by atoms with Gasteiger partial charge in [0, 0.05) is 0 Å². The van der Waals surface area contributed by atoms with Crippen LogP contribution in [0.15, 0.2) is 0 Å². The maximum atomic E-state index is 8.98. The van der Waals surface area contributed by atoms with Crippen molar-refractivity contribution in [2.24, 2.45) is 0 Å². The molecule has 4 N–H and O–H groups in total. The molecule has 0 aliphatic heterocycles.